The van der Waals surface area contributed by atoms with Gasteiger partial charge in [0.25, 0.3) is 0 Å². The number of hydrogen-bond acceptors (Lipinski definition) is 3. The van der Waals surface area contributed by atoms with Crippen LogP contribution in [0.2, 0.25) is 0 Å². The molecular weight excluding hydrogens is 164 g/mol. The van der Waals surface area contributed by atoms with Crippen molar-refractivity contribution in [3.8, 4) is 0 Å². The van der Waals surface area contributed by atoms with Crippen molar-refractivity contribution in [1.29, 1.82) is 5.53 Å². The van der Waals surface area contributed by atoms with Crippen LogP contribution in [0.4, 0.5) is 0 Å². The van der Waals surface area contributed by atoms with Crippen LogP contribution < -0.4 is 0 Å². The minimum absolute atomic E-state index is 0.956. The van der Waals surface area contributed by atoms with Crippen molar-refractivity contribution >= 4 is 6.21 Å². The van der Waals surface area contributed by atoms with E-state index in [1.54, 1.807) is 6.21 Å². The lowest BCUT2D eigenvalue weighted by atomic mass is 10.3. The van der Waals surface area contributed by atoms with Gasteiger partial charge in [-0.25, -0.2) is 0 Å². The average Bonchev–Trinajstić information content (AvgIpc) is 2.17. The van der Waals surface area contributed by atoms with Gasteiger partial charge < -0.3 is 4.90 Å². The summed E-state index contributed by atoms with van der Waals surface area (Å²) >= 11 is 0. The van der Waals surface area contributed by atoms with Gasteiger partial charge in [-0.15, -0.1) is 5.10 Å². The molecule has 0 aromatic carbocycles. The topological polar surface area (TPSA) is 51.8 Å². The molecule has 0 bridgehead atoms. The lowest BCUT2D eigenvalue weighted by Crippen LogP contribution is -2.24. The normalized spacial score (nSPS) is 12.1. The second-order valence-electron chi connectivity index (χ2n) is 2.64. The molecule has 0 fully saturated rings. The van der Waals surface area contributed by atoms with Gasteiger partial charge in [-0.2, -0.15) is 5.53 Å². The van der Waals surface area contributed by atoms with E-state index in [0.29, 0.717) is 0 Å². The first-order valence-electron chi connectivity index (χ1n) is 4.61. The zero-order valence-electron chi connectivity index (χ0n) is 8.62. The fourth-order valence-corrected chi connectivity index (χ4v) is 1.17. The Labute approximate surface area is 79.8 Å². The van der Waals surface area contributed by atoms with Crippen LogP contribution in [0.25, 0.3) is 0 Å². The minimum Gasteiger partial charge on any atom is -0.371 e. The van der Waals surface area contributed by atoms with Crippen LogP contribution in [0.1, 0.15) is 27.2 Å². The van der Waals surface area contributed by atoms with E-state index >= 15 is 0 Å². The van der Waals surface area contributed by atoms with Gasteiger partial charge in [-0.3, -0.25) is 0 Å². The number of nitrogens with one attached hydrogen (secondary N) is 1. The summed E-state index contributed by atoms with van der Waals surface area (Å²) in [5, 5.41) is 6.50. The third kappa shape index (κ3) is 4.40. The molecule has 4 heteroatoms. The van der Waals surface area contributed by atoms with Crippen LogP contribution in [0.3, 0.4) is 0 Å². The zero-order chi connectivity index (χ0) is 10.1. The summed E-state index contributed by atoms with van der Waals surface area (Å²) < 4.78 is 0. The first-order chi connectivity index (χ1) is 6.29. The molecule has 0 spiro atoms. The maximum atomic E-state index is 6.55. The van der Waals surface area contributed by atoms with E-state index in [1.807, 2.05) is 13.0 Å². The lowest BCUT2D eigenvalue weighted by molar-refractivity contribution is 0.380. The molecule has 0 aliphatic rings. The van der Waals surface area contributed by atoms with Crippen LogP contribution in [-0.4, -0.2) is 24.2 Å². The van der Waals surface area contributed by atoms with Gasteiger partial charge in [0.2, 0.25) is 0 Å². The molecule has 0 unspecified atom stereocenters. The molecule has 0 saturated carbocycles. The molecule has 0 aromatic heterocycles. The Morgan fingerprint density at radius 1 is 1.46 bits per heavy atom. The summed E-state index contributed by atoms with van der Waals surface area (Å²) in [6, 6.07) is 0. The van der Waals surface area contributed by atoms with Gasteiger partial charge in [-0.1, -0.05) is 18.2 Å². The molecule has 13 heavy (non-hydrogen) atoms. The van der Waals surface area contributed by atoms with Crippen LogP contribution in [0.15, 0.2) is 22.1 Å². The van der Waals surface area contributed by atoms with Crippen LogP contribution in [-0.2, 0) is 0 Å². The van der Waals surface area contributed by atoms with Gasteiger partial charge in [0.1, 0.15) is 0 Å². The second-order valence-corrected chi connectivity index (χ2v) is 2.64. The Kier molecular flexibility index (Phi) is 6.78. The predicted molar refractivity (Wildman–Crippen MR) is 54.9 cm³/mol. The molecule has 0 saturated heterocycles. The van der Waals surface area contributed by atoms with E-state index in [9.17, 15) is 0 Å². The van der Waals surface area contributed by atoms with E-state index in [1.165, 1.54) is 0 Å². The Balaban J connectivity index is 4.34. The van der Waals surface area contributed by atoms with Gasteiger partial charge in [-0.05, 0) is 20.3 Å². The monoisotopic (exact) mass is 182 g/mol. The fourth-order valence-electron chi connectivity index (χ4n) is 1.17. The molecule has 1 N–H and O–H groups in total. The molecule has 0 aliphatic carbocycles. The molecule has 0 amide bonds. The van der Waals surface area contributed by atoms with Crippen molar-refractivity contribution in [2.75, 3.05) is 13.1 Å². The van der Waals surface area contributed by atoms with Gasteiger partial charge in [0.05, 0.1) is 11.9 Å². The van der Waals surface area contributed by atoms with E-state index < -0.39 is 0 Å². The number of nitrogens with zero attached hydrogens (tertiary/aromatic N) is 3. The quantitative estimate of drug-likeness (QED) is 0.383. The van der Waals surface area contributed by atoms with Crippen molar-refractivity contribution in [3.05, 3.63) is 11.8 Å². The standard InChI is InChI=1S/C9H18N4/c1-4-7-13(6-3)9(5-2)8-11-12-10/h5,8,10H,4,6-7H2,1-3H3/b9-5+,11-8+,12-10?. The van der Waals surface area contributed by atoms with Crippen molar-refractivity contribution < 1.29 is 0 Å². The second kappa shape index (κ2) is 7.46. The van der Waals surface area contributed by atoms with E-state index in [-0.39, 0.29) is 0 Å². The van der Waals surface area contributed by atoms with Crippen molar-refractivity contribution in [1.82, 2.24) is 4.90 Å². The summed E-state index contributed by atoms with van der Waals surface area (Å²) in [5.41, 5.74) is 7.58. The van der Waals surface area contributed by atoms with Crippen LogP contribution in [0, 0.1) is 5.53 Å². The highest BCUT2D eigenvalue weighted by Crippen LogP contribution is 2.02. The van der Waals surface area contributed by atoms with Gasteiger partial charge in [0, 0.05) is 13.1 Å². The number of rotatable bonds is 6. The largest absolute Gasteiger partial charge is 0.371 e. The van der Waals surface area contributed by atoms with Crippen molar-refractivity contribution in [2.24, 2.45) is 10.3 Å². The van der Waals surface area contributed by atoms with Gasteiger partial charge >= 0.3 is 0 Å². The van der Waals surface area contributed by atoms with Crippen LogP contribution >= 0.6 is 0 Å². The summed E-state index contributed by atoms with van der Waals surface area (Å²) in [5.74, 6) is 0. The average molecular weight is 182 g/mol. The molecular formula is C9H18N4. The van der Waals surface area contributed by atoms with Crippen LogP contribution in [0.5, 0.6) is 0 Å². The molecule has 0 rings (SSSR count). The molecule has 0 aromatic rings. The molecule has 74 valence electrons. The first-order valence-corrected chi connectivity index (χ1v) is 4.61. The van der Waals surface area contributed by atoms with E-state index in [4.69, 9.17) is 5.53 Å². The van der Waals surface area contributed by atoms with Crippen molar-refractivity contribution in [3.63, 3.8) is 0 Å². The smallest absolute Gasteiger partial charge is 0.0743 e. The summed E-state index contributed by atoms with van der Waals surface area (Å²) in [6.07, 6.45) is 4.71. The predicted octanol–water partition coefficient (Wildman–Crippen LogP) is 2.64. The maximum absolute atomic E-state index is 6.55. The highest BCUT2D eigenvalue weighted by Gasteiger charge is 2.01. The van der Waals surface area contributed by atoms with Crippen molar-refractivity contribution in [2.45, 2.75) is 27.2 Å². The number of hydrogen-bond donors (Lipinski definition) is 1. The lowest BCUT2D eigenvalue weighted by Gasteiger charge is -2.22. The Morgan fingerprint density at radius 2 is 2.15 bits per heavy atom. The third-order valence-electron chi connectivity index (χ3n) is 1.78. The molecule has 4 nitrogen and oxygen atoms in total. The van der Waals surface area contributed by atoms with E-state index in [0.717, 1.165) is 25.2 Å². The first kappa shape index (κ1) is 11.8. The third-order valence-corrected chi connectivity index (χ3v) is 1.78. The summed E-state index contributed by atoms with van der Waals surface area (Å²) in [4.78, 5) is 2.20. The summed E-state index contributed by atoms with van der Waals surface area (Å²) in [6.45, 7) is 8.17. The fraction of sp³-hybridized carbons (Fsp3) is 0.667. The van der Waals surface area contributed by atoms with Gasteiger partial charge in [0.15, 0.2) is 0 Å². The zero-order valence-corrected chi connectivity index (χ0v) is 8.62. The minimum atomic E-state index is 0.956. The Morgan fingerprint density at radius 3 is 2.54 bits per heavy atom. The molecule has 0 heterocycles. The molecule has 0 atom stereocenters. The van der Waals surface area contributed by atoms with E-state index in [2.05, 4.69) is 29.1 Å². The summed E-state index contributed by atoms with van der Waals surface area (Å²) in [7, 11) is 0. The number of allylic oxidation sites excluding steroid dienone is 2. The Hall–Kier alpha value is -1.19. The SMILES string of the molecule is C/C=C(\C=N\N=N)N(CC)CCC. The molecule has 0 radical (unpaired) electrons. The maximum Gasteiger partial charge on any atom is 0.0743 e. The highest BCUT2D eigenvalue weighted by atomic mass is 15.3. The molecule has 0 aliphatic heterocycles. The Bertz CT molecular complexity index is 196. The highest BCUT2D eigenvalue weighted by molar-refractivity contribution is 5.77.